The number of hydrogen-bond donors (Lipinski definition) is 4. The number of aliphatic hydroxyl groups is 4. The van der Waals surface area contributed by atoms with Crippen LogP contribution in [0.3, 0.4) is 0 Å². The molecule has 4 nitrogen and oxygen atoms in total. The Labute approximate surface area is 67.1 Å². The van der Waals surface area contributed by atoms with E-state index in [0.717, 1.165) is 0 Å². The molecule has 0 rings (SSSR count). The minimum atomic E-state index is -0.560. The molecule has 0 aromatic carbocycles. The molecule has 70 valence electrons. The van der Waals surface area contributed by atoms with Gasteiger partial charge in [0.1, 0.15) is 0 Å². The van der Waals surface area contributed by atoms with Crippen LogP contribution in [0.1, 0.15) is 20.3 Å². The van der Waals surface area contributed by atoms with Gasteiger partial charge in [-0.3, -0.25) is 0 Å². The van der Waals surface area contributed by atoms with Crippen LogP contribution in [-0.4, -0.2) is 45.8 Å². The standard InChI is InChI=1S/C4H10O2.C3H8O2/c1-4(6)2-3-5;1-3(5)2-4/h4-6H,2-3H2,1H3;3-5H,2H2,1H3. The summed E-state index contributed by atoms with van der Waals surface area (Å²) in [6, 6.07) is 0. The highest BCUT2D eigenvalue weighted by atomic mass is 16.3. The second-order valence-corrected chi connectivity index (χ2v) is 2.39. The molecule has 0 aliphatic heterocycles. The summed E-state index contributed by atoms with van der Waals surface area (Å²) >= 11 is 0. The van der Waals surface area contributed by atoms with Crippen molar-refractivity contribution >= 4 is 0 Å². The van der Waals surface area contributed by atoms with Crippen LogP contribution in [0.2, 0.25) is 0 Å². The number of hydrogen-bond acceptors (Lipinski definition) is 4. The van der Waals surface area contributed by atoms with E-state index in [1.54, 1.807) is 6.92 Å². The van der Waals surface area contributed by atoms with Crippen molar-refractivity contribution in [2.45, 2.75) is 32.5 Å². The molecule has 0 amide bonds. The molecule has 11 heavy (non-hydrogen) atoms. The summed E-state index contributed by atoms with van der Waals surface area (Å²) < 4.78 is 0. The lowest BCUT2D eigenvalue weighted by Gasteiger charge is -1.95. The molecule has 4 N–H and O–H groups in total. The molecule has 0 spiro atoms. The van der Waals surface area contributed by atoms with Crippen LogP contribution >= 0.6 is 0 Å². The Bertz CT molecular complexity index is 63.5. The predicted molar refractivity (Wildman–Crippen MR) is 42.2 cm³/mol. The fraction of sp³-hybridized carbons (Fsp3) is 1.00. The van der Waals surface area contributed by atoms with Gasteiger partial charge in [0.15, 0.2) is 0 Å². The third-order valence-corrected chi connectivity index (χ3v) is 0.811. The number of rotatable bonds is 3. The fourth-order valence-corrected chi connectivity index (χ4v) is 0.187. The summed E-state index contributed by atoms with van der Waals surface area (Å²) in [5.41, 5.74) is 0. The fourth-order valence-electron chi connectivity index (χ4n) is 0.187. The molecule has 0 aliphatic carbocycles. The molecule has 2 unspecified atom stereocenters. The van der Waals surface area contributed by atoms with Crippen molar-refractivity contribution in [3.63, 3.8) is 0 Å². The van der Waals surface area contributed by atoms with E-state index in [2.05, 4.69) is 0 Å². The van der Waals surface area contributed by atoms with Crippen molar-refractivity contribution in [3.05, 3.63) is 0 Å². The van der Waals surface area contributed by atoms with Gasteiger partial charge in [0.2, 0.25) is 0 Å². The second-order valence-electron chi connectivity index (χ2n) is 2.39. The summed E-state index contributed by atoms with van der Waals surface area (Å²) in [7, 11) is 0. The molecule has 0 aromatic heterocycles. The molecular weight excluding hydrogens is 148 g/mol. The summed E-state index contributed by atoms with van der Waals surface area (Å²) in [6.45, 7) is 3.12. The van der Waals surface area contributed by atoms with E-state index in [4.69, 9.17) is 20.4 Å². The lowest BCUT2D eigenvalue weighted by atomic mass is 10.3. The molecule has 0 radical (unpaired) electrons. The van der Waals surface area contributed by atoms with Crippen molar-refractivity contribution in [2.24, 2.45) is 0 Å². The van der Waals surface area contributed by atoms with Crippen LogP contribution in [0.25, 0.3) is 0 Å². The Morgan fingerprint density at radius 3 is 1.36 bits per heavy atom. The normalized spacial score (nSPS) is 14.7. The smallest absolute Gasteiger partial charge is 0.0742 e. The first-order valence-corrected chi connectivity index (χ1v) is 3.62. The lowest BCUT2D eigenvalue weighted by molar-refractivity contribution is 0.110. The van der Waals surface area contributed by atoms with Gasteiger partial charge >= 0.3 is 0 Å². The third kappa shape index (κ3) is 25.8. The minimum Gasteiger partial charge on any atom is -0.396 e. The maximum Gasteiger partial charge on any atom is 0.0742 e. The molecule has 4 heteroatoms. The van der Waals surface area contributed by atoms with Crippen molar-refractivity contribution < 1.29 is 20.4 Å². The minimum absolute atomic E-state index is 0.0810. The van der Waals surface area contributed by atoms with Crippen LogP contribution in [0.4, 0.5) is 0 Å². The molecule has 0 aliphatic rings. The maximum absolute atomic E-state index is 8.39. The zero-order valence-electron chi connectivity index (χ0n) is 7.06. The van der Waals surface area contributed by atoms with Gasteiger partial charge in [-0.15, -0.1) is 0 Å². The van der Waals surface area contributed by atoms with Crippen molar-refractivity contribution in [2.75, 3.05) is 13.2 Å². The van der Waals surface area contributed by atoms with Crippen molar-refractivity contribution in [3.8, 4) is 0 Å². The topological polar surface area (TPSA) is 80.9 Å². The molecule has 0 bridgehead atoms. The van der Waals surface area contributed by atoms with E-state index in [9.17, 15) is 0 Å². The van der Waals surface area contributed by atoms with Gasteiger partial charge in [-0.1, -0.05) is 0 Å². The summed E-state index contributed by atoms with van der Waals surface area (Å²) in [6.07, 6.45) is -0.426. The summed E-state index contributed by atoms with van der Waals surface area (Å²) in [5.74, 6) is 0. The van der Waals surface area contributed by atoms with Gasteiger partial charge in [-0.05, 0) is 20.3 Å². The zero-order chi connectivity index (χ0) is 9.28. The van der Waals surface area contributed by atoms with Crippen molar-refractivity contribution in [1.29, 1.82) is 0 Å². The van der Waals surface area contributed by atoms with Crippen LogP contribution in [0, 0.1) is 0 Å². The largest absolute Gasteiger partial charge is 0.396 e. The van der Waals surface area contributed by atoms with Crippen molar-refractivity contribution in [1.82, 2.24) is 0 Å². The molecule has 0 heterocycles. The molecule has 0 fully saturated rings. The number of aliphatic hydroxyl groups excluding tert-OH is 4. The van der Waals surface area contributed by atoms with E-state index >= 15 is 0 Å². The molecular formula is C7H18O4. The average molecular weight is 166 g/mol. The third-order valence-electron chi connectivity index (χ3n) is 0.811. The van der Waals surface area contributed by atoms with Gasteiger partial charge in [0.25, 0.3) is 0 Å². The Morgan fingerprint density at radius 2 is 1.36 bits per heavy atom. The molecule has 0 aromatic rings. The van der Waals surface area contributed by atoms with Crippen LogP contribution in [0.15, 0.2) is 0 Å². The Hall–Kier alpha value is -0.160. The second kappa shape index (κ2) is 9.84. The van der Waals surface area contributed by atoms with Gasteiger partial charge < -0.3 is 20.4 Å². The highest BCUT2D eigenvalue weighted by Crippen LogP contribution is 1.83. The Morgan fingerprint density at radius 1 is 1.00 bits per heavy atom. The summed E-state index contributed by atoms with van der Waals surface area (Å²) in [5, 5.41) is 32.5. The molecule has 2 atom stereocenters. The quantitative estimate of drug-likeness (QED) is 0.438. The first-order valence-electron chi connectivity index (χ1n) is 3.62. The first-order chi connectivity index (χ1) is 5.04. The monoisotopic (exact) mass is 166 g/mol. The van der Waals surface area contributed by atoms with Gasteiger partial charge in [-0.2, -0.15) is 0 Å². The molecule has 0 saturated heterocycles. The van der Waals surface area contributed by atoms with Gasteiger partial charge in [0, 0.05) is 6.61 Å². The van der Waals surface area contributed by atoms with E-state index in [-0.39, 0.29) is 19.3 Å². The highest BCUT2D eigenvalue weighted by molar-refractivity contribution is 4.40. The Kier molecular flexibility index (Phi) is 12.0. The SMILES string of the molecule is CC(O)CCO.CC(O)CO. The van der Waals surface area contributed by atoms with Gasteiger partial charge in [-0.25, -0.2) is 0 Å². The van der Waals surface area contributed by atoms with Crippen LogP contribution in [-0.2, 0) is 0 Å². The van der Waals surface area contributed by atoms with E-state index in [0.29, 0.717) is 6.42 Å². The van der Waals surface area contributed by atoms with Crippen LogP contribution in [0.5, 0.6) is 0 Å². The predicted octanol–water partition coefficient (Wildman–Crippen LogP) is -0.891. The van der Waals surface area contributed by atoms with E-state index < -0.39 is 6.10 Å². The maximum atomic E-state index is 8.39. The lowest BCUT2D eigenvalue weighted by Crippen LogP contribution is -2.03. The van der Waals surface area contributed by atoms with E-state index in [1.807, 2.05) is 0 Å². The van der Waals surface area contributed by atoms with E-state index in [1.165, 1.54) is 6.92 Å². The highest BCUT2D eigenvalue weighted by Gasteiger charge is 1.88. The molecule has 0 saturated carbocycles. The average Bonchev–Trinajstić information content (AvgIpc) is 1.89. The first kappa shape index (κ1) is 13.4. The van der Waals surface area contributed by atoms with Crippen LogP contribution < -0.4 is 0 Å². The zero-order valence-corrected chi connectivity index (χ0v) is 7.06. The van der Waals surface area contributed by atoms with Gasteiger partial charge in [0.05, 0.1) is 18.8 Å². The Balaban J connectivity index is 0. The summed E-state index contributed by atoms with van der Waals surface area (Å²) in [4.78, 5) is 0.